The molecule has 2 aromatic carbocycles. The SMILES string of the molecule is O=C(NC1(C(=O)O)Cc2ccccc2C1)c1cccc2cc[nH]c12. The summed E-state index contributed by atoms with van der Waals surface area (Å²) in [7, 11) is 0. The molecular formula is C19H16N2O3. The number of H-pyrrole nitrogens is 1. The van der Waals surface area contributed by atoms with Gasteiger partial charge in [0.2, 0.25) is 0 Å². The van der Waals surface area contributed by atoms with E-state index >= 15 is 0 Å². The molecule has 1 aliphatic carbocycles. The van der Waals surface area contributed by atoms with Crippen molar-refractivity contribution < 1.29 is 14.7 Å². The van der Waals surface area contributed by atoms with Crippen LogP contribution in [0.25, 0.3) is 10.9 Å². The first-order valence-electron chi connectivity index (χ1n) is 7.78. The number of amides is 1. The number of hydrogen-bond donors (Lipinski definition) is 3. The van der Waals surface area contributed by atoms with E-state index in [0.717, 1.165) is 16.5 Å². The van der Waals surface area contributed by atoms with Crippen molar-refractivity contribution in [3.63, 3.8) is 0 Å². The molecule has 0 aliphatic heterocycles. The van der Waals surface area contributed by atoms with Gasteiger partial charge in [0.05, 0.1) is 11.1 Å². The lowest BCUT2D eigenvalue weighted by molar-refractivity contribution is -0.144. The Bertz CT molecular complexity index is 933. The Kier molecular flexibility index (Phi) is 3.16. The molecule has 0 spiro atoms. The van der Waals surface area contributed by atoms with Crippen LogP contribution in [0.5, 0.6) is 0 Å². The predicted molar refractivity (Wildman–Crippen MR) is 90.0 cm³/mol. The molecule has 1 aromatic heterocycles. The van der Waals surface area contributed by atoms with E-state index in [0.29, 0.717) is 23.9 Å². The molecule has 0 fully saturated rings. The van der Waals surface area contributed by atoms with E-state index in [9.17, 15) is 14.7 Å². The third-order valence-electron chi connectivity index (χ3n) is 4.70. The number of para-hydroxylation sites is 1. The molecule has 1 amide bonds. The summed E-state index contributed by atoms with van der Waals surface area (Å²) in [6, 6.07) is 14.9. The average Bonchev–Trinajstić information content (AvgIpc) is 3.18. The Labute approximate surface area is 138 Å². The molecule has 3 aromatic rings. The Balaban J connectivity index is 1.69. The summed E-state index contributed by atoms with van der Waals surface area (Å²) < 4.78 is 0. The van der Waals surface area contributed by atoms with Gasteiger partial charge in [-0.1, -0.05) is 36.4 Å². The molecule has 0 saturated heterocycles. The number of carbonyl (C=O) groups is 2. The van der Waals surface area contributed by atoms with Crippen LogP contribution >= 0.6 is 0 Å². The van der Waals surface area contributed by atoms with Crippen LogP contribution < -0.4 is 5.32 Å². The molecule has 1 aliphatic rings. The fourth-order valence-corrected chi connectivity index (χ4v) is 3.47. The summed E-state index contributed by atoms with van der Waals surface area (Å²) in [5, 5.41) is 13.5. The van der Waals surface area contributed by atoms with Gasteiger partial charge in [0.1, 0.15) is 5.54 Å². The van der Waals surface area contributed by atoms with Crippen LogP contribution in [-0.2, 0) is 17.6 Å². The lowest BCUT2D eigenvalue weighted by Crippen LogP contribution is -2.55. The highest BCUT2D eigenvalue weighted by atomic mass is 16.4. The van der Waals surface area contributed by atoms with E-state index in [-0.39, 0.29) is 5.91 Å². The quantitative estimate of drug-likeness (QED) is 0.693. The third kappa shape index (κ3) is 2.17. The van der Waals surface area contributed by atoms with Crippen LogP contribution in [0.4, 0.5) is 0 Å². The van der Waals surface area contributed by atoms with E-state index in [2.05, 4.69) is 10.3 Å². The number of aromatic nitrogens is 1. The largest absolute Gasteiger partial charge is 0.479 e. The minimum absolute atomic E-state index is 0.297. The number of hydrogen-bond acceptors (Lipinski definition) is 2. The highest BCUT2D eigenvalue weighted by Crippen LogP contribution is 2.31. The summed E-state index contributed by atoms with van der Waals surface area (Å²) in [6.45, 7) is 0. The Hall–Kier alpha value is -3.08. The van der Waals surface area contributed by atoms with Crippen molar-refractivity contribution in [2.24, 2.45) is 0 Å². The zero-order valence-corrected chi connectivity index (χ0v) is 12.9. The van der Waals surface area contributed by atoms with Crippen LogP contribution in [0.15, 0.2) is 54.7 Å². The molecule has 24 heavy (non-hydrogen) atoms. The number of benzene rings is 2. The van der Waals surface area contributed by atoms with Gasteiger partial charge in [-0.3, -0.25) is 4.79 Å². The number of aliphatic carboxylic acids is 1. The second-order valence-electron chi connectivity index (χ2n) is 6.21. The van der Waals surface area contributed by atoms with E-state index in [4.69, 9.17) is 0 Å². The molecule has 5 heteroatoms. The first kappa shape index (κ1) is 14.5. The highest BCUT2D eigenvalue weighted by molar-refractivity contribution is 6.07. The highest BCUT2D eigenvalue weighted by Gasteiger charge is 2.45. The van der Waals surface area contributed by atoms with Crippen molar-refractivity contribution >= 4 is 22.8 Å². The summed E-state index contributed by atoms with van der Waals surface area (Å²) in [4.78, 5) is 27.8. The Morgan fingerprint density at radius 1 is 1.00 bits per heavy atom. The zero-order chi connectivity index (χ0) is 16.7. The maximum absolute atomic E-state index is 12.8. The normalized spacial score (nSPS) is 15.2. The van der Waals surface area contributed by atoms with Gasteiger partial charge in [0.25, 0.3) is 5.91 Å². The van der Waals surface area contributed by atoms with Gasteiger partial charge < -0.3 is 15.4 Å². The van der Waals surface area contributed by atoms with Crippen LogP contribution in [0.2, 0.25) is 0 Å². The fraction of sp³-hybridized carbons (Fsp3) is 0.158. The standard InChI is InChI=1S/C19H16N2O3/c22-17(15-7-3-6-12-8-9-20-16(12)15)21-19(18(23)24)10-13-4-1-2-5-14(13)11-19/h1-9,20H,10-11H2,(H,21,22)(H,23,24). The first-order valence-corrected chi connectivity index (χ1v) is 7.78. The molecule has 0 saturated carbocycles. The molecule has 0 bridgehead atoms. The van der Waals surface area contributed by atoms with E-state index in [1.165, 1.54) is 0 Å². The smallest absolute Gasteiger partial charge is 0.330 e. The second-order valence-corrected chi connectivity index (χ2v) is 6.21. The topological polar surface area (TPSA) is 82.2 Å². The minimum Gasteiger partial charge on any atom is -0.479 e. The van der Waals surface area contributed by atoms with Gasteiger partial charge >= 0.3 is 5.97 Å². The summed E-state index contributed by atoms with van der Waals surface area (Å²) in [5.74, 6) is -1.39. The van der Waals surface area contributed by atoms with Crippen LogP contribution in [0.1, 0.15) is 21.5 Å². The summed E-state index contributed by atoms with van der Waals surface area (Å²) >= 11 is 0. The minimum atomic E-state index is -1.30. The zero-order valence-electron chi connectivity index (χ0n) is 12.9. The Morgan fingerprint density at radius 3 is 2.38 bits per heavy atom. The number of rotatable bonds is 3. The molecule has 120 valence electrons. The maximum atomic E-state index is 12.8. The van der Waals surface area contributed by atoms with Gasteiger partial charge in [-0.2, -0.15) is 0 Å². The average molecular weight is 320 g/mol. The number of aromatic amines is 1. The third-order valence-corrected chi connectivity index (χ3v) is 4.70. The van der Waals surface area contributed by atoms with Gasteiger partial charge in [0, 0.05) is 24.4 Å². The number of fused-ring (bicyclic) bond motifs is 2. The van der Waals surface area contributed by atoms with Crippen LogP contribution in [-0.4, -0.2) is 27.5 Å². The predicted octanol–water partition coefficient (Wildman–Crippen LogP) is 2.52. The van der Waals surface area contributed by atoms with E-state index in [1.54, 1.807) is 18.3 Å². The molecule has 0 unspecified atom stereocenters. The Morgan fingerprint density at radius 2 is 1.71 bits per heavy atom. The van der Waals surface area contributed by atoms with Gasteiger partial charge in [-0.15, -0.1) is 0 Å². The number of nitrogens with one attached hydrogen (secondary N) is 2. The van der Waals surface area contributed by atoms with Crippen molar-refractivity contribution in [2.45, 2.75) is 18.4 Å². The molecule has 0 atom stereocenters. The maximum Gasteiger partial charge on any atom is 0.330 e. The monoisotopic (exact) mass is 320 g/mol. The molecule has 1 heterocycles. The van der Waals surface area contributed by atoms with Crippen LogP contribution in [0, 0.1) is 0 Å². The molecule has 5 nitrogen and oxygen atoms in total. The molecule has 0 radical (unpaired) electrons. The van der Waals surface area contributed by atoms with Crippen molar-refractivity contribution in [3.8, 4) is 0 Å². The van der Waals surface area contributed by atoms with Gasteiger partial charge in [-0.05, 0) is 23.3 Å². The molecule has 4 rings (SSSR count). The second kappa shape index (κ2) is 5.23. The lowest BCUT2D eigenvalue weighted by atomic mass is 9.95. The van der Waals surface area contributed by atoms with Crippen molar-refractivity contribution in [1.29, 1.82) is 0 Å². The van der Waals surface area contributed by atoms with Gasteiger partial charge in [-0.25, -0.2) is 4.79 Å². The number of carbonyl (C=O) groups excluding carboxylic acids is 1. The lowest BCUT2D eigenvalue weighted by Gasteiger charge is -2.25. The number of carboxylic acids is 1. The van der Waals surface area contributed by atoms with E-state index < -0.39 is 11.5 Å². The van der Waals surface area contributed by atoms with E-state index in [1.807, 2.05) is 36.4 Å². The van der Waals surface area contributed by atoms with Crippen molar-refractivity contribution in [1.82, 2.24) is 10.3 Å². The van der Waals surface area contributed by atoms with Crippen molar-refractivity contribution in [3.05, 3.63) is 71.4 Å². The fourth-order valence-electron chi connectivity index (χ4n) is 3.47. The van der Waals surface area contributed by atoms with Crippen LogP contribution in [0.3, 0.4) is 0 Å². The molecular weight excluding hydrogens is 304 g/mol. The number of carboxylic acid groups (broad SMARTS) is 1. The summed E-state index contributed by atoms with van der Waals surface area (Å²) in [5.41, 5.74) is 1.81. The van der Waals surface area contributed by atoms with Crippen molar-refractivity contribution in [2.75, 3.05) is 0 Å². The first-order chi connectivity index (χ1) is 11.6. The van der Waals surface area contributed by atoms with Gasteiger partial charge in [0.15, 0.2) is 0 Å². The summed E-state index contributed by atoms with van der Waals surface area (Å²) in [6.07, 6.45) is 2.36. The molecule has 3 N–H and O–H groups in total.